The summed E-state index contributed by atoms with van der Waals surface area (Å²) in [6.07, 6.45) is 2.86. The highest BCUT2D eigenvalue weighted by Crippen LogP contribution is 2.27. The Morgan fingerprint density at radius 2 is 2.04 bits per heavy atom. The number of hydrogen-bond acceptors (Lipinski definition) is 4. The first-order chi connectivity index (χ1) is 12.7. The van der Waals surface area contributed by atoms with Crippen LogP contribution in [0.15, 0.2) is 58.2 Å². The number of likely N-dealkylation sites (tertiary alicyclic amines) is 1. The molecule has 1 amide bonds. The molecule has 0 radical (unpaired) electrons. The molecule has 1 aliphatic heterocycles. The Hall–Kier alpha value is -1.98. The van der Waals surface area contributed by atoms with Gasteiger partial charge in [0.25, 0.3) is 5.22 Å². The summed E-state index contributed by atoms with van der Waals surface area (Å²) in [5, 5.41) is 1.31. The van der Waals surface area contributed by atoms with Crippen molar-refractivity contribution < 1.29 is 9.21 Å². The molecule has 0 saturated carbocycles. The number of hydrogen-bond donors (Lipinski definition) is 0. The number of carbonyl (C=O) groups is 1. The van der Waals surface area contributed by atoms with Crippen molar-refractivity contribution in [3.05, 3.63) is 59.1 Å². The van der Waals surface area contributed by atoms with Gasteiger partial charge in [-0.25, -0.2) is 4.98 Å². The summed E-state index contributed by atoms with van der Waals surface area (Å²) in [4.78, 5) is 19.1. The van der Waals surface area contributed by atoms with Crippen molar-refractivity contribution in [2.75, 3.05) is 12.3 Å². The summed E-state index contributed by atoms with van der Waals surface area (Å²) in [5.41, 5.74) is 2.67. The van der Waals surface area contributed by atoms with Gasteiger partial charge in [0, 0.05) is 17.6 Å². The van der Waals surface area contributed by atoms with Crippen LogP contribution in [-0.4, -0.2) is 34.1 Å². The summed E-state index contributed by atoms with van der Waals surface area (Å²) in [6.45, 7) is 0.808. The molecule has 4 rings (SSSR count). The van der Waals surface area contributed by atoms with Crippen LogP contribution in [0.3, 0.4) is 0 Å². The second kappa shape index (κ2) is 7.72. The number of thioether (sulfide) groups is 1. The van der Waals surface area contributed by atoms with Gasteiger partial charge in [0.2, 0.25) is 5.91 Å². The van der Waals surface area contributed by atoms with Gasteiger partial charge in [-0.2, -0.15) is 0 Å². The van der Waals surface area contributed by atoms with E-state index in [9.17, 15) is 4.79 Å². The van der Waals surface area contributed by atoms with Gasteiger partial charge in [-0.3, -0.25) is 4.79 Å². The number of carbonyl (C=O) groups excluding carboxylic acids is 1. The Balaban J connectivity index is 1.39. The maximum Gasteiger partial charge on any atom is 0.257 e. The topological polar surface area (TPSA) is 46.3 Å². The zero-order valence-corrected chi connectivity index (χ0v) is 15.8. The van der Waals surface area contributed by atoms with Crippen LogP contribution in [0, 0.1) is 0 Å². The minimum absolute atomic E-state index is 0.131. The van der Waals surface area contributed by atoms with Gasteiger partial charge in [0.05, 0.1) is 5.75 Å². The van der Waals surface area contributed by atoms with Gasteiger partial charge in [-0.05, 0) is 43.0 Å². The lowest BCUT2D eigenvalue weighted by atomic mass is 10.0. The predicted molar refractivity (Wildman–Crippen MR) is 105 cm³/mol. The van der Waals surface area contributed by atoms with Crippen LogP contribution in [0.1, 0.15) is 18.4 Å². The quantitative estimate of drug-likeness (QED) is 0.590. The molecule has 2 heterocycles. The summed E-state index contributed by atoms with van der Waals surface area (Å²) in [5.74, 6) is 0.470. The summed E-state index contributed by atoms with van der Waals surface area (Å²) in [7, 11) is 0. The molecule has 26 heavy (non-hydrogen) atoms. The monoisotopic (exact) mass is 386 g/mol. The molecular formula is C20H19ClN2O2S. The molecule has 134 valence electrons. The fourth-order valence-electron chi connectivity index (χ4n) is 3.41. The summed E-state index contributed by atoms with van der Waals surface area (Å²) in [6, 6.07) is 15.7. The molecule has 3 aromatic rings. The van der Waals surface area contributed by atoms with Crippen LogP contribution in [0.25, 0.3) is 11.1 Å². The number of para-hydroxylation sites is 2. The van der Waals surface area contributed by atoms with Crippen molar-refractivity contribution >= 4 is 40.4 Å². The van der Waals surface area contributed by atoms with Crippen molar-refractivity contribution in [2.24, 2.45) is 0 Å². The first-order valence-electron chi connectivity index (χ1n) is 8.72. The fraction of sp³-hybridized carbons (Fsp3) is 0.300. The fourth-order valence-corrected chi connectivity index (χ4v) is 4.35. The minimum Gasteiger partial charge on any atom is -0.431 e. The molecule has 4 nitrogen and oxygen atoms in total. The number of oxazole rings is 1. The van der Waals surface area contributed by atoms with E-state index in [-0.39, 0.29) is 11.9 Å². The Bertz CT molecular complexity index is 894. The largest absolute Gasteiger partial charge is 0.431 e. The number of amides is 1. The average molecular weight is 387 g/mol. The Labute approximate surface area is 161 Å². The molecule has 0 aliphatic carbocycles. The van der Waals surface area contributed by atoms with Crippen molar-refractivity contribution in [3.63, 3.8) is 0 Å². The van der Waals surface area contributed by atoms with E-state index in [2.05, 4.69) is 4.98 Å². The molecule has 2 aromatic carbocycles. The molecule has 1 saturated heterocycles. The van der Waals surface area contributed by atoms with Crippen molar-refractivity contribution in [2.45, 2.75) is 30.5 Å². The molecule has 1 fully saturated rings. The number of nitrogens with zero attached hydrogens (tertiary/aromatic N) is 2. The molecule has 6 heteroatoms. The highest BCUT2D eigenvalue weighted by molar-refractivity contribution is 7.99. The van der Waals surface area contributed by atoms with Gasteiger partial charge in [-0.1, -0.05) is 53.7 Å². The molecule has 1 aliphatic rings. The van der Waals surface area contributed by atoms with E-state index in [1.165, 1.54) is 11.8 Å². The molecule has 1 unspecified atom stereocenters. The molecule has 1 aromatic heterocycles. The van der Waals surface area contributed by atoms with Crippen LogP contribution in [0.4, 0.5) is 0 Å². The van der Waals surface area contributed by atoms with E-state index in [4.69, 9.17) is 16.0 Å². The number of halogens is 1. The maximum atomic E-state index is 12.7. The number of aromatic nitrogens is 1. The van der Waals surface area contributed by atoms with Gasteiger partial charge < -0.3 is 9.32 Å². The van der Waals surface area contributed by atoms with E-state index in [0.29, 0.717) is 11.0 Å². The smallest absolute Gasteiger partial charge is 0.257 e. The lowest BCUT2D eigenvalue weighted by Crippen LogP contribution is -2.38. The predicted octanol–water partition coefficient (Wildman–Crippen LogP) is 4.81. The lowest BCUT2D eigenvalue weighted by molar-refractivity contribution is -0.129. The molecule has 0 spiro atoms. The Kier molecular flexibility index (Phi) is 5.18. The van der Waals surface area contributed by atoms with E-state index < -0.39 is 0 Å². The Morgan fingerprint density at radius 3 is 2.88 bits per heavy atom. The third-order valence-corrected chi connectivity index (χ3v) is 5.89. The number of benzene rings is 2. The average Bonchev–Trinajstić information content (AvgIpc) is 3.28. The van der Waals surface area contributed by atoms with E-state index in [1.54, 1.807) is 0 Å². The summed E-state index contributed by atoms with van der Waals surface area (Å²) < 4.78 is 5.68. The third kappa shape index (κ3) is 3.74. The van der Waals surface area contributed by atoms with Gasteiger partial charge in [0.15, 0.2) is 5.58 Å². The number of fused-ring (bicyclic) bond motifs is 1. The lowest BCUT2D eigenvalue weighted by Gasteiger charge is -2.25. The zero-order chi connectivity index (χ0) is 17.9. The van der Waals surface area contributed by atoms with Crippen molar-refractivity contribution in [1.29, 1.82) is 0 Å². The van der Waals surface area contributed by atoms with Gasteiger partial charge in [-0.15, -0.1) is 0 Å². The van der Waals surface area contributed by atoms with Crippen molar-refractivity contribution in [1.82, 2.24) is 9.88 Å². The normalized spacial score (nSPS) is 17.1. The third-order valence-electron chi connectivity index (χ3n) is 4.70. The molecule has 0 bridgehead atoms. The standard InChI is InChI=1S/C20H19ClN2O2S/c21-16-8-2-1-6-14(16)12-15-7-5-11-23(15)19(24)13-26-20-22-17-9-3-4-10-18(17)25-20/h1-4,6,8-10,15H,5,7,11-13H2. The highest BCUT2D eigenvalue weighted by atomic mass is 35.5. The number of rotatable bonds is 5. The first-order valence-corrected chi connectivity index (χ1v) is 10.1. The highest BCUT2D eigenvalue weighted by Gasteiger charge is 2.29. The van der Waals surface area contributed by atoms with Crippen LogP contribution in [-0.2, 0) is 11.2 Å². The van der Waals surface area contributed by atoms with E-state index in [1.807, 2.05) is 53.4 Å². The second-order valence-electron chi connectivity index (χ2n) is 6.41. The zero-order valence-electron chi connectivity index (χ0n) is 14.2. The van der Waals surface area contributed by atoms with Gasteiger partial charge in [0.1, 0.15) is 5.52 Å². The molecule has 1 atom stereocenters. The first kappa shape index (κ1) is 17.4. The van der Waals surface area contributed by atoms with Gasteiger partial charge >= 0.3 is 0 Å². The SMILES string of the molecule is O=C(CSc1nc2ccccc2o1)N1CCCC1Cc1ccccc1Cl. The van der Waals surface area contributed by atoms with Crippen LogP contribution in [0.5, 0.6) is 0 Å². The second-order valence-corrected chi connectivity index (χ2v) is 7.75. The molecule has 0 N–H and O–H groups in total. The molecular weight excluding hydrogens is 368 g/mol. The van der Waals surface area contributed by atoms with E-state index in [0.717, 1.165) is 47.5 Å². The maximum absolute atomic E-state index is 12.7. The summed E-state index contributed by atoms with van der Waals surface area (Å²) >= 11 is 7.64. The van der Waals surface area contributed by atoms with E-state index >= 15 is 0 Å². The minimum atomic E-state index is 0.131. The van der Waals surface area contributed by atoms with Crippen LogP contribution >= 0.6 is 23.4 Å². The Morgan fingerprint density at radius 1 is 1.23 bits per heavy atom. The van der Waals surface area contributed by atoms with Crippen molar-refractivity contribution in [3.8, 4) is 0 Å². The van der Waals surface area contributed by atoms with Crippen LogP contribution < -0.4 is 0 Å². The van der Waals surface area contributed by atoms with Crippen LogP contribution in [0.2, 0.25) is 5.02 Å².